The van der Waals surface area contributed by atoms with Gasteiger partial charge in [0.05, 0.1) is 6.61 Å². The van der Waals surface area contributed by atoms with E-state index in [9.17, 15) is 4.39 Å². The lowest BCUT2D eigenvalue weighted by atomic mass is 10.1. The van der Waals surface area contributed by atoms with Gasteiger partial charge in [0.1, 0.15) is 11.5 Å². The first-order valence-corrected chi connectivity index (χ1v) is 10.0. The van der Waals surface area contributed by atoms with Crippen LogP contribution in [0.4, 0.5) is 10.1 Å². The Morgan fingerprint density at radius 1 is 1.29 bits per heavy atom. The molecule has 6 heteroatoms. The van der Waals surface area contributed by atoms with Gasteiger partial charge in [-0.3, -0.25) is 0 Å². The molecule has 0 aliphatic carbocycles. The van der Waals surface area contributed by atoms with Crippen molar-refractivity contribution in [1.29, 1.82) is 0 Å². The van der Waals surface area contributed by atoms with Gasteiger partial charge in [-0.2, -0.15) is 0 Å². The molecule has 1 aliphatic rings. The third-order valence-corrected chi connectivity index (χ3v) is 5.28. The SMILES string of the molecule is Fc1ccc(Cc2cnc3c(c2)N(SI)CCCO3)cc1. The average Bonchev–Trinajstić information content (AvgIpc) is 2.71. The molecule has 21 heavy (non-hydrogen) atoms. The van der Waals surface area contributed by atoms with E-state index in [4.69, 9.17) is 4.74 Å². The van der Waals surface area contributed by atoms with Crippen molar-refractivity contribution in [2.75, 3.05) is 17.5 Å². The van der Waals surface area contributed by atoms with Crippen LogP contribution in [0.15, 0.2) is 36.5 Å². The van der Waals surface area contributed by atoms with Gasteiger partial charge in [0.2, 0.25) is 5.88 Å². The predicted octanol–water partition coefficient (Wildman–Crippen LogP) is 4.40. The maximum absolute atomic E-state index is 13.0. The monoisotopic (exact) mass is 416 g/mol. The molecular weight excluding hydrogens is 402 g/mol. The summed E-state index contributed by atoms with van der Waals surface area (Å²) in [5.41, 5.74) is 3.19. The second-order valence-corrected chi connectivity index (χ2v) is 6.60. The molecule has 2 heterocycles. The zero-order valence-corrected chi connectivity index (χ0v) is 14.2. The zero-order chi connectivity index (χ0) is 14.7. The summed E-state index contributed by atoms with van der Waals surface area (Å²) in [6.45, 7) is 1.65. The fourth-order valence-electron chi connectivity index (χ4n) is 2.28. The lowest BCUT2D eigenvalue weighted by Gasteiger charge is -2.19. The molecule has 0 unspecified atom stereocenters. The maximum atomic E-state index is 13.0. The van der Waals surface area contributed by atoms with Crippen LogP contribution in [0, 0.1) is 5.82 Å². The van der Waals surface area contributed by atoms with Gasteiger partial charge in [-0.05, 0) is 35.7 Å². The molecule has 1 aromatic heterocycles. The molecular formula is C15H14FIN2OS. The van der Waals surface area contributed by atoms with Crippen molar-refractivity contribution in [1.82, 2.24) is 4.98 Å². The molecule has 3 nitrogen and oxygen atoms in total. The van der Waals surface area contributed by atoms with Crippen LogP contribution in [0.3, 0.4) is 0 Å². The third-order valence-electron chi connectivity index (χ3n) is 3.31. The van der Waals surface area contributed by atoms with Gasteiger partial charge < -0.3 is 9.04 Å². The number of rotatable bonds is 3. The van der Waals surface area contributed by atoms with E-state index in [1.807, 2.05) is 18.3 Å². The summed E-state index contributed by atoms with van der Waals surface area (Å²) >= 11 is 2.28. The van der Waals surface area contributed by atoms with Gasteiger partial charge in [0.15, 0.2) is 0 Å². The number of benzene rings is 1. The molecule has 0 saturated heterocycles. The summed E-state index contributed by atoms with van der Waals surface area (Å²) < 4.78 is 20.8. The lowest BCUT2D eigenvalue weighted by Crippen LogP contribution is -2.13. The normalized spacial score (nSPS) is 14.3. The van der Waals surface area contributed by atoms with E-state index in [0.717, 1.165) is 36.2 Å². The largest absolute Gasteiger partial charge is 0.476 e. The fourth-order valence-corrected chi connectivity index (χ4v) is 3.91. The predicted molar refractivity (Wildman–Crippen MR) is 92.5 cm³/mol. The fraction of sp³-hybridized carbons (Fsp3) is 0.267. The molecule has 0 amide bonds. The summed E-state index contributed by atoms with van der Waals surface area (Å²) in [5, 5.41) is 0. The number of fused-ring (bicyclic) bond motifs is 1. The minimum atomic E-state index is -0.209. The quantitative estimate of drug-likeness (QED) is 0.547. The van der Waals surface area contributed by atoms with Gasteiger partial charge in [-0.1, -0.05) is 12.1 Å². The topological polar surface area (TPSA) is 25.4 Å². The van der Waals surface area contributed by atoms with Crippen molar-refractivity contribution in [2.45, 2.75) is 12.8 Å². The standard InChI is InChI=1S/C15H14FIN2OS/c16-13-4-2-11(3-5-13)8-12-9-14-15(18-10-12)20-7-1-6-19(14)21-17/h2-5,9-10H,1,6-8H2. The second-order valence-electron chi connectivity index (χ2n) is 4.84. The van der Waals surface area contributed by atoms with Gasteiger partial charge >= 0.3 is 0 Å². The van der Waals surface area contributed by atoms with E-state index < -0.39 is 0 Å². The number of nitrogens with zero attached hydrogens (tertiary/aromatic N) is 2. The number of ether oxygens (including phenoxy) is 1. The second kappa shape index (κ2) is 6.83. The Morgan fingerprint density at radius 3 is 2.86 bits per heavy atom. The van der Waals surface area contributed by atoms with Crippen molar-refractivity contribution >= 4 is 36.0 Å². The molecule has 0 radical (unpaired) electrons. The van der Waals surface area contributed by atoms with Gasteiger partial charge in [-0.25, -0.2) is 9.37 Å². The number of hydrogen-bond acceptors (Lipinski definition) is 4. The summed E-state index contributed by atoms with van der Waals surface area (Å²) in [6, 6.07) is 8.71. The first-order chi connectivity index (χ1) is 10.3. The van der Waals surface area contributed by atoms with Crippen molar-refractivity contribution in [3.05, 3.63) is 53.5 Å². The summed E-state index contributed by atoms with van der Waals surface area (Å²) in [7, 11) is 1.65. The van der Waals surface area contributed by atoms with Crippen molar-refractivity contribution in [3.8, 4) is 5.88 Å². The Kier molecular flexibility index (Phi) is 4.84. The zero-order valence-electron chi connectivity index (χ0n) is 11.3. The van der Waals surface area contributed by atoms with Crippen LogP contribution in [-0.2, 0) is 6.42 Å². The van der Waals surface area contributed by atoms with Gasteiger partial charge in [0.25, 0.3) is 0 Å². The van der Waals surface area contributed by atoms with Crippen molar-refractivity contribution in [3.63, 3.8) is 0 Å². The molecule has 3 rings (SSSR count). The molecule has 0 bridgehead atoms. The Balaban J connectivity index is 1.87. The average molecular weight is 416 g/mol. The smallest absolute Gasteiger partial charge is 0.238 e. The third kappa shape index (κ3) is 3.60. The van der Waals surface area contributed by atoms with E-state index in [1.54, 1.807) is 9.12 Å². The van der Waals surface area contributed by atoms with Gasteiger partial charge in [0, 0.05) is 49.5 Å². The highest BCUT2D eigenvalue weighted by Gasteiger charge is 2.18. The highest BCUT2D eigenvalue weighted by Crippen LogP contribution is 2.36. The van der Waals surface area contributed by atoms with E-state index in [0.29, 0.717) is 12.5 Å². The van der Waals surface area contributed by atoms with E-state index in [1.165, 1.54) is 12.1 Å². The number of pyridine rings is 1. The highest BCUT2D eigenvalue weighted by atomic mass is 127. The van der Waals surface area contributed by atoms with Crippen LogP contribution in [-0.4, -0.2) is 18.1 Å². The van der Waals surface area contributed by atoms with Crippen molar-refractivity contribution < 1.29 is 9.13 Å². The van der Waals surface area contributed by atoms with Crippen LogP contribution < -0.4 is 9.04 Å². The Bertz CT molecular complexity index is 624. The highest BCUT2D eigenvalue weighted by molar-refractivity contribution is 14.2. The molecule has 2 aromatic rings. The van der Waals surface area contributed by atoms with Crippen LogP contribution in [0.1, 0.15) is 17.5 Å². The number of aromatic nitrogens is 1. The Labute approximate surface area is 139 Å². The molecule has 110 valence electrons. The van der Waals surface area contributed by atoms with Crippen LogP contribution >= 0.6 is 30.3 Å². The van der Waals surface area contributed by atoms with E-state index >= 15 is 0 Å². The number of hydrogen-bond donors (Lipinski definition) is 0. The maximum Gasteiger partial charge on any atom is 0.238 e. The summed E-state index contributed by atoms with van der Waals surface area (Å²) in [6.07, 6.45) is 3.56. The number of halogens is 2. The molecule has 0 saturated carbocycles. The number of anilines is 1. The molecule has 0 fully saturated rings. The van der Waals surface area contributed by atoms with Crippen LogP contribution in [0.5, 0.6) is 5.88 Å². The molecule has 1 aromatic carbocycles. The van der Waals surface area contributed by atoms with E-state index in [2.05, 4.69) is 36.6 Å². The first kappa shape index (κ1) is 14.9. The first-order valence-electron chi connectivity index (χ1n) is 6.68. The minimum absolute atomic E-state index is 0.209. The molecule has 0 spiro atoms. The summed E-state index contributed by atoms with van der Waals surface area (Å²) in [5.74, 6) is 0.485. The lowest BCUT2D eigenvalue weighted by molar-refractivity contribution is 0.311. The Hall–Kier alpha value is -1.02. The van der Waals surface area contributed by atoms with Crippen LogP contribution in [0.25, 0.3) is 0 Å². The molecule has 0 N–H and O–H groups in total. The molecule has 1 aliphatic heterocycles. The van der Waals surface area contributed by atoms with E-state index in [-0.39, 0.29) is 5.82 Å². The van der Waals surface area contributed by atoms with Gasteiger partial charge in [-0.15, -0.1) is 0 Å². The van der Waals surface area contributed by atoms with Crippen molar-refractivity contribution in [2.24, 2.45) is 0 Å². The minimum Gasteiger partial charge on any atom is -0.476 e. The summed E-state index contributed by atoms with van der Waals surface area (Å²) in [4.78, 5) is 4.44. The van der Waals surface area contributed by atoms with Crippen LogP contribution in [0.2, 0.25) is 0 Å². The Morgan fingerprint density at radius 2 is 2.10 bits per heavy atom. The molecule has 0 atom stereocenters.